The second kappa shape index (κ2) is 6.71. The summed E-state index contributed by atoms with van der Waals surface area (Å²) >= 11 is 0. The van der Waals surface area contributed by atoms with Gasteiger partial charge < -0.3 is 0 Å². The van der Waals surface area contributed by atoms with Gasteiger partial charge in [0.1, 0.15) is 0 Å². The summed E-state index contributed by atoms with van der Waals surface area (Å²) in [7, 11) is 0. The zero-order chi connectivity index (χ0) is 15.2. The van der Waals surface area contributed by atoms with E-state index >= 15 is 0 Å². The third kappa shape index (κ3) is 2.95. The van der Waals surface area contributed by atoms with Crippen molar-refractivity contribution in [3.63, 3.8) is 0 Å². The molecule has 0 aliphatic heterocycles. The van der Waals surface area contributed by atoms with Crippen LogP contribution in [0.25, 0.3) is 16.6 Å². The first-order chi connectivity index (χ1) is 10.3. The largest absolute Gasteiger partial charge is 0.233 e. The number of hydrogen-bond acceptors (Lipinski definition) is 2. The quantitative estimate of drug-likeness (QED) is 0.692. The van der Waals surface area contributed by atoms with Crippen molar-refractivity contribution >= 4 is 10.9 Å². The van der Waals surface area contributed by atoms with Gasteiger partial charge in [0.25, 0.3) is 0 Å². The molecule has 3 nitrogen and oxygen atoms in total. The van der Waals surface area contributed by atoms with Crippen molar-refractivity contribution in [1.29, 1.82) is 5.26 Å². The third-order valence-electron chi connectivity index (χ3n) is 3.28. The van der Waals surface area contributed by atoms with E-state index in [2.05, 4.69) is 36.3 Å². The average molecular weight is 277 g/mol. The lowest BCUT2D eigenvalue weighted by molar-refractivity contribution is 0.910. The molecule has 106 valence electrons. The van der Waals surface area contributed by atoms with Crippen LogP contribution >= 0.6 is 0 Å². The number of benzene rings is 2. The van der Waals surface area contributed by atoms with E-state index < -0.39 is 0 Å². The molecule has 0 fully saturated rings. The standard InChI is InChI=1S/C16H13N3.C2H6/c1-2-12-5-8-16-14(9-12)11-18-19(16)15-6-3-13(10-17)4-7-15;1-2/h3-9,11H,2H2,1H3;1-2H3. The number of aryl methyl sites for hydroxylation is 1. The van der Waals surface area contributed by atoms with Gasteiger partial charge in [-0.05, 0) is 48.4 Å². The van der Waals surface area contributed by atoms with Gasteiger partial charge in [-0.2, -0.15) is 10.4 Å². The minimum Gasteiger partial charge on any atom is -0.233 e. The smallest absolute Gasteiger partial charge is 0.0991 e. The lowest BCUT2D eigenvalue weighted by Crippen LogP contribution is -1.95. The van der Waals surface area contributed by atoms with E-state index in [0.29, 0.717) is 5.56 Å². The molecule has 3 rings (SSSR count). The van der Waals surface area contributed by atoms with Crippen molar-refractivity contribution in [3.8, 4) is 11.8 Å². The first kappa shape index (κ1) is 14.8. The van der Waals surface area contributed by atoms with Crippen LogP contribution < -0.4 is 0 Å². The van der Waals surface area contributed by atoms with Crippen LogP contribution in [0, 0.1) is 11.3 Å². The Morgan fingerprint density at radius 1 is 1.10 bits per heavy atom. The Balaban J connectivity index is 0.000000774. The highest BCUT2D eigenvalue weighted by atomic mass is 15.3. The molecule has 0 unspecified atom stereocenters. The maximum Gasteiger partial charge on any atom is 0.0991 e. The SMILES string of the molecule is CC.CCc1ccc2c(cnn2-c2ccc(C#N)cc2)c1. The van der Waals surface area contributed by atoms with E-state index in [4.69, 9.17) is 5.26 Å². The molecule has 2 aromatic carbocycles. The maximum absolute atomic E-state index is 8.82. The fraction of sp³-hybridized carbons (Fsp3) is 0.222. The molecular formula is C18H19N3. The summed E-state index contributed by atoms with van der Waals surface area (Å²) in [5.74, 6) is 0. The summed E-state index contributed by atoms with van der Waals surface area (Å²) in [6.07, 6.45) is 2.91. The van der Waals surface area contributed by atoms with Gasteiger partial charge in [-0.3, -0.25) is 0 Å². The van der Waals surface area contributed by atoms with Crippen LogP contribution in [-0.2, 0) is 6.42 Å². The van der Waals surface area contributed by atoms with E-state index in [-0.39, 0.29) is 0 Å². The van der Waals surface area contributed by atoms with Gasteiger partial charge in [0.2, 0.25) is 0 Å². The number of nitrogens with zero attached hydrogens (tertiary/aromatic N) is 3. The molecule has 0 spiro atoms. The van der Waals surface area contributed by atoms with Crippen molar-refractivity contribution in [2.45, 2.75) is 27.2 Å². The number of nitriles is 1. The molecule has 3 aromatic rings. The summed E-state index contributed by atoms with van der Waals surface area (Å²) in [6, 6.07) is 16.0. The van der Waals surface area contributed by atoms with Crippen LogP contribution in [-0.4, -0.2) is 9.78 Å². The topological polar surface area (TPSA) is 41.6 Å². The molecule has 0 radical (unpaired) electrons. The van der Waals surface area contributed by atoms with Crippen LogP contribution in [0.1, 0.15) is 31.9 Å². The van der Waals surface area contributed by atoms with Crippen LogP contribution in [0.3, 0.4) is 0 Å². The molecule has 21 heavy (non-hydrogen) atoms. The van der Waals surface area contributed by atoms with Gasteiger partial charge in [0.05, 0.1) is 29.0 Å². The predicted molar refractivity (Wildman–Crippen MR) is 86.5 cm³/mol. The molecule has 0 bridgehead atoms. The first-order valence-electron chi connectivity index (χ1n) is 7.29. The van der Waals surface area contributed by atoms with Crippen molar-refractivity contribution in [2.75, 3.05) is 0 Å². The summed E-state index contributed by atoms with van der Waals surface area (Å²) in [6.45, 7) is 6.15. The molecular weight excluding hydrogens is 258 g/mol. The fourth-order valence-corrected chi connectivity index (χ4v) is 2.19. The van der Waals surface area contributed by atoms with E-state index in [0.717, 1.165) is 23.0 Å². The molecule has 0 saturated heterocycles. The Morgan fingerprint density at radius 3 is 2.43 bits per heavy atom. The van der Waals surface area contributed by atoms with Crippen molar-refractivity contribution in [3.05, 3.63) is 59.8 Å². The molecule has 0 aliphatic rings. The van der Waals surface area contributed by atoms with Crippen molar-refractivity contribution in [1.82, 2.24) is 9.78 Å². The van der Waals surface area contributed by atoms with Crippen molar-refractivity contribution in [2.24, 2.45) is 0 Å². The summed E-state index contributed by atoms with van der Waals surface area (Å²) in [5, 5.41) is 14.4. The minimum absolute atomic E-state index is 0.661. The molecule has 0 N–H and O–H groups in total. The molecule has 0 aliphatic carbocycles. The summed E-state index contributed by atoms with van der Waals surface area (Å²) < 4.78 is 1.90. The maximum atomic E-state index is 8.82. The summed E-state index contributed by atoms with van der Waals surface area (Å²) in [4.78, 5) is 0. The van der Waals surface area contributed by atoms with Crippen LogP contribution in [0.15, 0.2) is 48.7 Å². The fourth-order valence-electron chi connectivity index (χ4n) is 2.19. The number of hydrogen-bond donors (Lipinski definition) is 0. The summed E-state index contributed by atoms with van der Waals surface area (Å²) in [5.41, 5.74) is 4.03. The Morgan fingerprint density at radius 2 is 1.81 bits per heavy atom. The van der Waals surface area contributed by atoms with Gasteiger partial charge >= 0.3 is 0 Å². The zero-order valence-corrected chi connectivity index (χ0v) is 12.7. The van der Waals surface area contributed by atoms with Crippen LogP contribution in [0.4, 0.5) is 0 Å². The second-order valence-electron chi connectivity index (χ2n) is 4.46. The van der Waals surface area contributed by atoms with Crippen LogP contribution in [0.5, 0.6) is 0 Å². The minimum atomic E-state index is 0.661. The lowest BCUT2D eigenvalue weighted by Gasteiger charge is -2.04. The van der Waals surface area contributed by atoms with E-state index in [9.17, 15) is 0 Å². The molecule has 1 aromatic heterocycles. The molecule has 0 amide bonds. The predicted octanol–water partition coefficient (Wildman–Crippen LogP) is 4.49. The molecule has 0 saturated carbocycles. The lowest BCUT2D eigenvalue weighted by atomic mass is 10.1. The van der Waals surface area contributed by atoms with Gasteiger partial charge in [0, 0.05) is 5.39 Å². The average Bonchev–Trinajstić information content (AvgIpc) is 2.99. The zero-order valence-electron chi connectivity index (χ0n) is 12.7. The Labute approximate surface area is 125 Å². The van der Waals surface area contributed by atoms with Gasteiger partial charge in [-0.1, -0.05) is 26.8 Å². The first-order valence-corrected chi connectivity index (χ1v) is 7.29. The normalized spacial score (nSPS) is 9.81. The number of aromatic nitrogens is 2. The Hall–Kier alpha value is -2.60. The second-order valence-corrected chi connectivity index (χ2v) is 4.46. The Bertz CT molecular complexity index is 761. The monoisotopic (exact) mass is 277 g/mol. The van der Waals surface area contributed by atoms with Gasteiger partial charge in [0.15, 0.2) is 0 Å². The van der Waals surface area contributed by atoms with Gasteiger partial charge in [-0.25, -0.2) is 4.68 Å². The molecule has 1 heterocycles. The highest BCUT2D eigenvalue weighted by molar-refractivity contribution is 5.81. The Kier molecular flexibility index (Phi) is 4.73. The third-order valence-corrected chi connectivity index (χ3v) is 3.28. The number of fused-ring (bicyclic) bond motifs is 1. The van der Waals surface area contributed by atoms with E-state index in [1.54, 1.807) is 0 Å². The van der Waals surface area contributed by atoms with E-state index in [1.807, 2.05) is 49.0 Å². The number of rotatable bonds is 2. The highest BCUT2D eigenvalue weighted by Crippen LogP contribution is 2.20. The molecule has 0 atom stereocenters. The van der Waals surface area contributed by atoms with Gasteiger partial charge in [-0.15, -0.1) is 0 Å². The van der Waals surface area contributed by atoms with Crippen molar-refractivity contribution < 1.29 is 0 Å². The highest BCUT2D eigenvalue weighted by Gasteiger charge is 2.05. The van der Waals surface area contributed by atoms with Crippen LogP contribution in [0.2, 0.25) is 0 Å². The van der Waals surface area contributed by atoms with E-state index in [1.165, 1.54) is 5.56 Å². The molecule has 3 heteroatoms.